The van der Waals surface area contributed by atoms with Gasteiger partial charge in [0.2, 0.25) is 0 Å². The van der Waals surface area contributed by atoms with Gasteiger partial charge in [-0.25, -0.2) is 9.18 Å². The summed E-state index contributed by atoms with van der Waals surface area (Å²) in [6, 6.07) is 7.97. The van der Waals surface area contributed by atoms with E-state index in [0.29, 0.717) is 11.3 Å². The van der Waals surface area contributed by atoms with Crippen LogP contribution in [0.25, 0.3) is 11.3 Å². The highest BCUT2D eigenvalue weighted by Gasteiger charge is 2.20. The topological polar surface area (TPSA) is 42.2 Å². The standard InChI is InChI=1S/C15H16FNO2/c1-9(2)17-12(7-8-13(17)15(18)19)14-10(3)5-4-6-11(14)16/h4-9H,1-3H3,(H,18,19). The molecule has 1 heterocycles. The number of benzene rings is 1. The summed E-state index contributed by atoms with van der Waals surface area (Å²) < 4.78 is 15.7. The van der Waals surface area contributed by atoms with Gasteiger partial charge in [0.25, 0.3) is 0 Å². The van der Waals surface area contributed by atoms with Crippen LogP contribution in [0.4, 0.5) is 4.39 Å². The van der Waals surface area contributed by atoms with Gasteiger partial charge in [0.05, 0.1) is 5.69 Å². The number of halogens is 1. The molecule has 0 fully saturated rings. The number of rotatable bonds is 3. The van der Waals surface area contributed by atoms with Gasteiger partial charge in [-0.3, -0.25) is 0 Å². The number of aromatic nitrogens is 1. The Kier molecular flexibility index (Phi) is 3.42. The van der Waals surface area contributed by atoms with Crippen molar-refractivity contribution in [2.45, 2.75) is 26.8 Å². The maximum atomic E-state index is 14.0. The third-order valence-corrected chi connectivity index (χ3v) is 3.13. The molecule has 1 aromatic heterocycles. The van der Waals surface area contributed by atoms with Crippen LogP contribution in [0.2, 0.25) is 0 Å². The van der Waals surface area contributed by atoms with Crippen LogP contribution in [0.1, 0.15) is 35.9 Å². The molecule has 0 radical (unpaired) electrons. The van der Waals surface area contributed by atoms with E-state index in [0.717, 1.165) is 5.56 Å². The SMILES string of the molecule is Cc1cccc(F)c1-c1ccc(C(=O)O)n1C(C)C. The smallest absolute Gasteiger partial charge is 0.352 e. The molecule has 0 aliphatic heterocycles. The molecule has 1 aromatic carbocycles. The molecule has 0 spiro atoms. The summed E-state index contributed by atoms with van der Waals surface area (Å²) in [4.78, 5) is 11.2. The highest BCUT2D eigenvalue weighted by molar-refractivity contribution is 5.88. The molecule has 0 saturated heterocycles. The molecule has 19 heavy (non-hydrogen) atoms. The van der Waals surface area contributed by atoms with Gasteiger partial charge in [-0.1, -0.05) is 12.1 Å². The van der Waals surface area contributed by atoms with E-state index >= 15 is 0 Å². The maximum absolute atomic E-state index is 14.0. The van der Waals surface area contributed by atoms with E-state index in [1.54, 1.807) is 16.7 Å². The lowest BCUT2D eigenvalue weighted by molar-refractivity contribution is 0.0683. The Balaban J connectivity index is 2.73. The second-order valence-corrected chi connectivity index (χ2v) is 4.80. The van der Waals surface area contributed by atoms with Gasteiger partial charge in [-0.2, -0.15) is 0 Å². The Morgan fingerprint density at radius 3 is 2.47 bits per heavy atom. The van der Waals surface area contributed by atoms with Gasteiger partial charge in [0.1, 0.15) is 11.5 Å². The van der Waals surface area contributed by atoms with Crippen molar-refractivity contribution in [2.24, 2.45) is 0 Å². The van der Waals surface area contributed by atoms with Gasteiger partial charge < -0.3 is 9.67 Å². The fourth-order valence-corrected chi connectivity index (χ4v) is 2.34. The summed E-state index contributed by atoms with van der Waals surface area (Å²) >= 11 is 0. The van der Waals surface area contributed by atoms with Crippen LogP contribution in [0.15, 0.2) is 30.3 Å². The van der Waals surface area contributed by atoms with Crippen LogP contribution < -0.4 is 0 Å². The van der Waals surface area contributed by atoms with Gasteiger partial charge in [-0.05, 0) is 44.5 Å². The van der Waals surface area contributed by atoms with Crippen LogP contribution in [0.3, 0.4) is 0 Å². The first-order valence-corrected chi connectivity index (χ1v) is 6.13. The molecular formula is C15H16FNO2. The zero-order chi connectivity index (χ0) is 14.2. The van der Waals surface area contributed by atoms with Crippen molar-refractivity contribution in [3.63, 3.8) is 0 Å². The molecular weight excluding hydrogens is 245 g/mol. The second-order valence-electron chi connectivity index (χ2n) is 4.80. The third-order valence-electron chi connectivity index (χ3n) is 3.13. The molecule has 0 bridgehead atoms. The number of hydrogen-bond acceptors (Lipinski definition) is 1. The normalized spacial score (nSPS) is 11.0. The molecule has 1 N–H and O–H groups in total. The van der Waals surface area contributed by atoms with Gasteiger partial charge in [0, 0.05) is 11.6 Å². The third kappa shape index (κ3) is 2.26. The Morgan fingerprint density at radius 2 is 1.95 bits per heavy atom. The van der Waals surface area contributed by atoms with Crippen molar-refractivity contribution in [2.75, 3.05) is 0 Å². The van der Waals surface area contributed by atoms with Crippen LogP contribution >= 0.6 is 0 Å². The molecule has 0 saturated carbocycles. The van der Waals surface area contributed by atoms with E-state index in [9.17, 15) is 14.3 Å². The molecule has 0 amide bonds. The van der Waals surface area contributed by atoms with E-state index in [-0.39, 0.29) is 17.6 Å². The Labute approximate surface area is 111 Å². The van der Waals surface area contributed by atoms with Crippen LogP contribution in [-0.2, 0) is 0 Å². The molecule has 0 aliphatic rings. The Morgan fingerprint density at radius 1 is 1.26 bits per heavy atom. The van der Waals surface area contributed by atoms with Crippen molar-refractivity contribution in [1.29, 1.82) is 0 Å². The number of aromatic carboxylic acids is 1. The average molecular weight is 261 g/mol. The number of carboxylic acid groups (broad SMARTS) is 1. The zero-order valence-corrected chi connectivity index (χ0v) is 11.1. The fraction of sp³-hybridized carbons (Fsp3) is 0.267. The second kappa shape index (κ2) is 4.88. The van der Waals surface area contributed by atoms with Crippen LogP contribution in [0, 0.1) is 12.7 Å². The number of hydrogen-bond donors (Lipinski definition) is 1. The monoisotopic (exact) mass is 261 g/mol. The van der Waals surface area contributed by atoms with Crippen molar-refractivity contribution < 1.29 is 14.3 Å². The van der Waals surface area contributed by atoms with E-state index < -0.39 is 5.97 Å². The largest absolute Gasteiger partial charge is 0.477 e. The van der Waals surface area contributed by atoms with E-state index in [1.165, 1.54) is 12.1 Å². The predicted octanol–water partition coefficient (Wildman–Crippen LogP) is 3.88. The quantitative estimate of drug-likeness (QED) is 0.911. The summed E-state index contributed by atoms with van der Waals surface area (Å²) in [5, 5.41) is 9.20. The zero-order valence-electron chi connectivity index (χ0n) is 11.1. The summed E-state index contributed by atoms with van der Waals surface area (Å²) in [5.74, 6) is -1.34. The predicted molar refractivity (Wildman–Crippen MR) is 71.9 cm³/mol. The van der Waals surface area contributed by atoms with Crippen LogP contribution in [-0.4, -0.2) is 15.6 Å². The van der Waals surface area contributed by atoms with Gasteiger partial charge >= 0.3 is 5.97 Å². The Bertz CT molecular complexity index is 609. The van der Waals surface area contributed by atoms with Gasteiger partial charge in [0.15, 0.2) is 0 Å². The lowest BCUT2D eigenvalue weighted by Gasteiger charge is -2.17. The first-order chi connectivity index (χ1) is 8.93. The average Bonchev–Trinajstić information content (AvgIpc) is 2.73. The minimum absolute atomic E-state index is 0.0601. The number of nitrogens with zero attached hydrogens (tertiary/aromatic N) is 1. The molecule has 0 aliphatic carbocycles. The fourth-order valence-electron chi connectivity index (χ4n) is 2.34. The van der Waals surface area contributed by atoms with Crippen molar-refractivity contribution in [3.05, 3.63) is 47.4 Å². The summed E-state index contributed by atoms with van der Waals surface area (Å²) in [6.45, 7) is 5.58. The summed E-state index contributed by atoms with van der Waals surface area (Å²) in [7, 11) is 0. The molecule has 3 nitrogen and oxygen atoms in total. The molecule has 0 atom stereocenters. The molecule has 100 valence electrons. The molecule has 4 heteroatoms. The van der Waals surface area contributed by atoms with Crippen molar-refractivity contribution >= 4 is 5.97 Å². The summed E-state index contributed by atoms with van der Waals surface area (Å²) in [5.41, 5.74) is 2.02. The maximum Gasteiger partial charge on any atom is 0.352 e. The molecule has 0 unspecified atom stereocenters. The highest BCUT2D eigenvalue weighted by Crippen LogP contribution is 2.31. The minimum atomic E-state index is -1.01. The Hall–Kier alpha value is -2.10. The van der Waals surface area contributed by atoms with E-state index in [2.05, 4.69) is 0 Å². The van der Waals surface area contributed by atoms with E-state index in [4.69, 9.17) is 0 Å². The lowest BCUT2D eigenvalue weighted by Crippen LogP contribution is -2.12. The molecule has 2 aromatic rings. The minimum Gasteiger partial charge on any atom is -0.477 e. The van der Waals surface area contributed by atoms with Crippen molar-refractivity contribution in [1.82, 2.24) is 4.57 Å². The summed E-state index contributed by atoms with van der Waals surface area (Å²) in [6.07, 6.45) is 0. The van der Waals surface area contributed by atoms with E-state index in [1.807, 2.05) is 26.8 Å². The first-order valence-electron chi connectivity index (χ1n) is 6.13. The first kappa shape index (κ1) is 13.3. The van der Waals surface area contributed by atoms with Gasteiger partial charge in [-0.15, -0.1) is 0 Å². The van der Waals surface area contributed by atoms with Crippen LogP contribution in [0.5, 0.6) is 0 Å². The lowest BCUT2D eigenvalue weighted by atomic mass is 10.0. The number of carbonyl (C=O) groups is 1. The highest BCUT2D eigenvalue weighted by atomic mass is 19.1. The number of carboxylic acids is 1. The van der Waals surface area contributed by atoms with Crippen molar-refractivity contribution in [3.8, 4) is 11.3 Å². The number of aryl methyl sites for hydroxylation is 1. The molecule has 2 rings (SSSR count).